The number of hydrogen-bond donors (Lipinski definition) is 0. The first-order chi connectivity index (χ1) is 8.44. The molecular formula is C15H38GaNSi2. The van der Waals surface area contributed by atoms with Crippen LogP contribution in [0, 0.1) is 0 Å². The third-order valence-electron chi connectivity index (χ3n) is 5.38. The Labute approximate surface area is 130 Å². The Morgan fingerprint density at radius 3 is 1.42 bits per heavy atom. The average Bonchev–Trinajstić information content (AvgIpc) is 2.20. The summed E-state index contributed by atoms with van der Waals surface area (Å²) in [6, 6.07) is 0. The molecule has 0 aromatic rings. The molecule has 0 radical (unpaired) electrons. The van der Waals surface area contributed by atoms with Crippen molar-refractivity contribution in [1.29, 1.82) is 0 Å². The Bertz CT molecular complexity index is 248. The molecule has 0 bridgehead atoms. The van der Waals surface area contributed by atoms with E-state index < -0.39 is 32.4 Å². The summed E-state index contributed by atoms with van der Waals surface area (Å²) in [7, 11) is -2.22. The first kappa shape index (κ1) is 20.0. The van der Waals surface area contributed by atoms with Gasteiger partial charge in [-0.05, 0) is 0 Å². The summed E-state index contributed by atoms with van der Waals surface area (Å²) in [6.45, 7) is 24.3. The van der Waals surface area contributed by atoms with Gasteiger partial charge in [-0.1, -0.05) is 0 Å². The normalized spacial score (nSPS) is 14.1. The van der Waals surface area contributed by atoms with Crippen LogP contribution < -0.4 is 0 Å². The molecule has 0 saturated heterocycles. The van der Waals surface area contributed by atoms with Crippen LogP contribution in [0.15, 0.2) is 0 Å². The van der Waals surface area contributed by atoms with E-state index in [1.165, 1.54) is 26.1 Å². The van der Waals surface area contributed by atoms with Crippen LogP contribution in [0.2, 0.25) is 53.5 Å². The van der Waals surface area contributed by atoms with Gasteiger partial charge in [0.25, 0.3) is 0 Å². The summed E-state index contributed by atoms with van der Waals surface area (Å²) >= 11 is -1.17. The molecule has 0 spiro atoms. The second-order valence-corrected chi connectivity index (χ2v) is 29.0. The molecule has 0 atom stereocenters. The van der Waals surface area contributed by atoms with Gasteiger partial charge in [0.05, 0.1) is 0 Å². The van der Waals surface area contributed by atoms with Crippen LogP contribution in [0.25, 0.3) is 0 Å². The molecule has 0 aliphatic rings. The maximum atomic E-state index is 2.67. The summed E-state index contributed by atoms with van der Waals surface area (Å²) in [4.78, 5) is 2.64. The van der Waals surface area contributed by atoms with Gasteiger partial charge in [0, 0.05) is 0 Å². The van der Waals surface area contributed by atoms with Crippen LogP contribution in [0.5, 0.6) is 0 Å². The molecule has 1 nitrogen and oxygen atoms in total. The van der Waals surface area contributed by atoms with Crippen molar-refractivity contribution >= 4 is 32.4 Å². The first-order valence-electron chi connectivity index (χ1n) is 8.16. The number of hydrogen-bond acceptors (Lipinski definition) is 1. The minimum atomic E-state index is -1.17. The predicted molar refractivity (Wildman–Crippen MR) is 99.3 cm³/mol. The minimum absolute atomic E-state index is 0.829. The van der Waals surface area contributed by atoms with Gasteiger partial charge < -0.3 is 0 Å². The fraction of sp³-hybridized carbons (Fsp3) is 1.00. The Morgan fingerprint density at radius 1 is 0.842 bits per heavy atom. The van der Waals surface area contributed by atoms with Crippen LogP contribution in [-0.2, 0) is 0 Å². The van der Waals surface area contributed by atoms with E-state index in [1.807, 2.05) is 0 Å². The van der Waals surface area contributed by atoms with E-state index in [1.54, 1.807) is 0 Å². The molecule has 19 heavy (non-hydrogen) atoms. The van der Waals surface area contributed by atoms with E-state index >= 15 is 0 Å². The van der Waals surface area contributed by atoms with Crippen molar-refractivity contribution in [2.24, 2.45) is 0 Å². The molecule has 4 heteroatoms. The van der Waals surface area contributed by atoms with E-state index in [0.717, 1.165) is 3.22 Å². The van der Waals surface area contributed by atoms with Crippen molar-refractivity contribution in [2.45, 2.75) is 73.7 Å². The summed E-state index contributed by atoms with van der Waals surface area (Å²) in [5.41, 5.74) is 5.34. The maximum absolute atomic E-state index is 2.67. The zero-order valence-electron chi connectivity index (χ0n) is 15.4. The molecule has 0 aliphatic carbocycles. The van der Waals surface area contributed by atoms with Crippen LogP contribution in [-0.4, -0.2) is 56.9 Å². The quantitative estimate of drug-likeness (QED) is 0.554. The zero-order chi connectivity index (χ0) is 15.5. The van der Waals surface area contributed by atoms with E-state index in [0.29, 0.717) is 0 Å². The van der Waals surface area contributed by atoms with Crippen molar-refractivity contribution in [3.63, 3.8) is 0 Å². The van der Waals surface area contributed by atoms with Gasteiger partial charge >= 0.3 is 131 Å². The van der Waals surface area contributed by atoms with Gasteiger partial charge in [-0.2, -0.15) is 0 Å². The molecule has 0 rings (SSSR count). The van der Waals surface area contributed by atoms with Gasteiger partial charge in [-0.3, -0.25) is 0 Å². The molecule has 0 aromatic heterocycles. The molecule has 0 heterocycles. The van der Waals surface area contributed by atoms with Crippen molar-refractivity contribution in [3.8, 4) is 0 Å². The van der Waals surface area contributed by atoms with Crippen LogP contribution >= 0.6 is 0 Å². The van der Waals surface area contributed by atoms with E-state index in [-0.39, 0.29) is 0 Å². The molecule has 0 aromatic carbocycles. The van der Waals surface area contributed by atoms with Gasteiger partial charge in [0.2, 0.25) is 0 Å². The second kappa shape index (κ2) is 7.34. The average molecular weight is 358 g/mol. The molecule has 0 fully saturated rings. The molecule has 0 unspecified atom stereocenters. The molecule has 0 amide bonds. The number of rotatable bonds is 8. The summed E-state index contributed by atoms with van der Waals surface area (Å²) in [5, 5.41) is 0. The van der Waals surface area contributed by atoms with Crippen molar-refractivity contribution in [1.82, 2.24) is 4.90 Å². The Kier molecular flexibility index (Phi) is 7.74. The summed E-state index contributed by atoms with van der Waals surface area (Å²) in [5.74, 6) is 0. The predicted octanol–water partition coefficient (Wildman–Crippen LogP) is 4.97. The first-order valence-corrected chi connectivity index (χ1v) is 21.2. The van der Waals surface area contributed by atoms with E-state index in [4.69, 9.17) is 0 Å². The standard InChI is InChI=1S/C13H32NSi2.2CH3.Ga/c1-9-14(10-2)12-11-13(15(3,4)5)16(6,7)8;;;/h9-12H2,1-8H3;2*1H3;. The number of nitrogens with zero attached hydrogens (tertiary/aromatic N) is 1. The Hall–Kier alpha value is 1.03. The van der Waals surface area contributed by atoms with Gasteiger partial charge in [-0.15, -0.1) is 0 Å². The zero-order valence-corrected chi connectivity index (χ0v) is 19.8. The van der Waals surface area contributed by atoms with Crippen LogP contribution in [0.3, 0.4) is 0 Å². The molecule has 114 valence electrons. The van der Waals surface area contributed by atoms with Gasteiger partial charge in [0.1, 0.15) is 0 Å². The Balaban J connectivity index is 5.39. The van der Waals surface area contributed by atoms with Gasteiger partial charge in [-0.25, -0.2) is 0 Å². The molecule has 0 aliphatic heterocycles. The monoisotopic (exact) mass is 357 g/mol. The molecular weight excluding hydrogens is 320 g/mol. The van der Waals surface area contributed by atoms with Crippen molar-refractivity contribution in [3.05, 3.63) is 0 Å². The SMILES string of the molecule is CCN(CC)CC[C]([Ga]([CH3])[CH3])([Si](C)(C)C)[Si](C)(C)C. The van der Waals surface area contributed by atoms with Crippen LogP contribution in [0.1, 0.15) is 20.3 Å². The fourth-order valence-corrected chi connectivity index (χ4v) is 42.2. The van der Waals surface area contributed by atoms with Gasteiger partial charge in [0.15, 0.2) is 0 Å². The third kappa shape index (κ3) is 4.50. The van der Waals surface area contributed by atoms with Crippen molar-refractivity contribution in [2.75, 3.05) is 19.6 Å². The summed E-state index contributed by atoms with van der Waals surface area (Å²) < 4.78 is 0.829. The van der Waals surface area contributed by atoms with Crippen LogP contribution in [0.4, 0.5) is 0 Å². The van der Waals surface area contributed by atoms with E-state index in [2.05, 4.69) is 69.0 Å². The topological polar surface area (TPSA) is 3.24 Å². The Morgan fingerprint density at radius 2 is 1.21 bits per heavy atom. The second-order valence-electron chi connectivity index (χ2n) is 8.40. The van der Waals surface area contributed by atoms with Crippen molar-refractivity contribution < 1.29 is 0 Å². The van der Waals surface area contributed by atoms with E-state index in [9.17, 15) is 0 Å². The third-order valence-corrected chi connectivity index (χ3v) is 37.4. The molecule has 0 saturated carbocycles. The summed E-state index contributed by atoms with van der Waals surface area (Å²) in [6.07, 6.45) is 1.50. The fourth-order valence-electron chi connectivity index (χ4n) is 4.77. The molecule has 0 N–H and O–H groups in total.